The van der Waals surface area contributed by atoms with Gasteiger partial charge in [-0.1, -0.05) is 0 Å². The zero-order valence-corrected chi connectivity index (χ0v) is 18.6. The van der Waals surface area contributed by atoms with Crippen molar-refractivity contribution in [3.8, 4) is 17.0 Å². The fraction of sp³-hybridized carbons (Fsp3) is 0.435. The highest BCUT2D eigenvalue weighted by molar-refractivity contribution is 5.96. The number of nitrogens with zero attached hydrogens (tertiary/aromatic N) is 5. The van der Waals surface area contributed by atoms with E-state index in [0.29, 0.717) is 29.0 Å². The largest absolute Gasteiger partial charge is 0.493 e. The minimum Gasteiger partial charge on any atom is -0.493 e. The van der Waals surface area contributed by atoms with Gasteiger partial charge in [-0.25, -0.2) is 9.97 Å². The lowest BCUT2D eigenvalue weighted by Gasteiger charge is -2.26. The number of pyridine rings is 1. The number of aromatic nitrogens is 3. The molecule has 0 unspecified atom stereocenters. The summed E-state index contributed by atoms with van der Waals surface area (Å²) in [5.74, 6) is -0.194. The molecule has 1 fully saturated rings. The van der Waals surface area contributed by atoms with Gasteiger partial charge in [0, 0.05) is 45.0 Å². The van der Waals surface area contributed by atoms with Crippen LogP contribution in [0.1, 0.15) is 18.2 Å². The van der Waals surface area contributed by atoms with E-state index >= 15 is 0 Å². The van der Waals surface area contributed by atoms with Crippen LogP contribution in [0.25, 0.3) is 22.3 Å². The highest BCUT2D eigenvalue weighted by Gasteiger charge is 2.35. The number of hydrogen-bond donors (Lipinski definition) is 0. The van der Waals surface area contributed by atoms with Crippen molar-refractivity contribution in [2.45, 2.75) is 19.6 Å². The monoisotopic (exact) mass is 461 g/mol. The molecule has 1 aliphatic rings. The molecule has 7 nitrogen and oxygen atoms in total. The number of halogens is 3. The number of ether oxygens (including phenoxy) is 2. The number of alkyl halides is 3. The number of hydrogen-bond acceptors (Lipinski definition) is 6. The van der Waals surface area contributed by atoms with Crippen LogP contribution in [0.4, 0.5) is 13.2 Å². The van der Waals surface area contributed by atoms with Crippen molar-refractivity contribution in [3.05, 3.63) is 41.9 Å². The average Bonchev–Trinajstić information content (AvgIpc) is 3.21. The quantitative estimate of drug-likeness (QED) is 0.500. The summed E-state index contributed by atoms with van der Waals surface area (Å²) < 4.78 is 53.6. The molecule has 33 heavy (non-hydrogen) atoms. The third kappa shape index (κ3) is 5.17. The van der Waals surface area contributed by atoms with Gasteiger partial charge in [0.2, 0.25) is 0 Å². The summed E-state index contributed by atoms with van der Waals surface area (Å²) in [6.07, 6.45) is -1.23. The lowest BCUT2D eigenvalue weighted by molar-refractivity contribution is -0.138. The third-order valence-corrected chi connectivity index (χ3v) is 5.53. The van der Waals surface area contributed by atoms with E-state index in [2.05, 4.69) is 19.9 Å². The van der Waals surface area contributed by atoms with Crippen molar-refractivity contribution in [2.24, 2.45) is 4.99 Å². The maximum atomic E-state index is 13.7. The van der Waals surface area contributed by atoms with Gasteiger partial charge in [0.1, 0.15) is 17.0 Å². The van der Waals surface area contributed by atoms with E-state index in [1.54, 1.807) is 38.6 Å². The SMILES string of the molecule is CCOc1ccc(-c2cc3c(ncn3CCN3CCOCC3)c(C=NC)n2)cc1C(F)(F)F. The van der Waals surface area contributed by atoms with Gasteiger partial charge in [-0.2, -0.15) is 13.2 Å². The summed E-state index contributed by atoms with van der Waals surface area (Å²) in [4.78, 5) is 15.4. The Morgan fingerprint density at radius 3 is 2.67 bits per heavy atom. The van der Waals surface area contributed by atoms with Crippen LogP contribution in [0, 0.1) is 0 Å². The molecule has 0 bridgehead atoms. The number of aliphatic imine (C=N–C) groups is 1. The highest BCUT2D eigenvalue weighted by atomic mass is 19.4. The number of rotatable bonds is 7. The number of benzene rings is 1. The van der Waals surface area contributed by atoms with Gasteiger partial charge in [0.15, 0.2) is 0 Å². The standard InChI is InChI=1S/C23H26F3N5O2/c1-3-33-21-5-4-16(12-17(21)23(24,25)26)18-13-20-22(19(29-18)14-27-2)28-15-31(20)7-6-30-8-10-32-11-9-30/h4-5,12-15H,3,6-11H2,1-2H3. The Kier molecular flexibility index (Phi) is 6.94. The first-order chi connectivity index (χ1) is 15.9. The molecular formula is C23H26F3N5O2. The van der Waals surface area contributed by atoms with Crippen molar-refractivity contribution < 1.29 is 22.6 Å². The third-order valence-electron chi connectivity index (χ3n) is 5.53. The van der Waals surface area contributed by atoms with Crippen molar-refractivity contribution in [1.29, 1.82) is 0 Å². The van der Waals surface area contributed by atoms with Crippen molar-refractivity contribution in [2.75, 3.05) is 46.5 Å². The Morgan fingerprint density at radius 2 is 1.97 bits per heavy atom. The van der Waals surface area contributed by atoms with Gasteiger partial charge in [-0.15, -0.1) is 0 Å². The second-order valence-electron chi connectivity index (χ2n) is 7.68. The molecule has 0 N–H and O–H groups in total. The molecule has 176 valence electrons. The fourth-order valence-corrected chi connectivity index (χ4v) is 3.89. The van der Waals surface area contributed by atoms with Crippen LogP contribution in [-0.4, -0.2) is 72.2 Å². The van der Waals surface area contributed by atoms with Crippen LogP contribution >= 0.6 is 0 Å². The maximum Gasteiger partial charge on any atom is 0.419 e. The molecular weight excluding hydrogens is 435 g/mol. The lowest BCUT2D eigenvalue weighted by atomic mass is 10.0. The Hall–Kier alpha value is -2.98. The Bertz CT molecular complexity index is 1140. The van der Waals surface area contributed by atoms with Gasteiger partial charge >= 0.3 is 6.18 Å². The summed E-state index contributed by atoms with van der Waals surface area (Å²) in [6, 6.07) is 5.80. The van der Waals surface area contributed by atoms with Gasteiger partial charge in [0.05, 0.1) is 42.9 Å². The zero-order valence-electron chi connectivity index (χ0n) is 18.6. The Labute approximate surface area is 189 Å². The van der Waals surface area contributed by atoms with E-state index in [-0.39, 0.29) is 12.4 Å². The van der Waals surface area contributed by atoms with Crippen molar-refractivity contribution in [1.82, 2.24) is 19.4 Å². The predicted octanol–water partition coefficient (Wildman–Crippen LogP) is 3.90. The van der Waals surface area contributed by atoms with Gasteiger partial charge < -0.3 is 14.0 Å². The first-order valence-corrected chi connectivity index (χ1v) is 10.8. The van der Waals surface area contributed by atoms with Crippen LogP contribution in [-0.2, 0) is 17.5 Å². The Balaban J connectivity index is 1.74. The summed E-state index contributed by atoms with van der Waals surface area (Å²) in [5, 5.41) is 0. The number of imidazole rings is 1. The van der Waals surface area contributed by atoms with Crippen LogP contribution in [0.15, 0.2) is 35.6 Å². The van der Waals surface area contributed by atoms with Gasteiger partial charge in [-0.3, -0.25) is 9.89 Å². The lowest BCUT2D eigenvalue weighted by Crippen LogP contribution is -2.38. The number of morpholine rings is 1. The topological polar surface area (TPSA) is 64.8 Å². The molecule has 3 heterocycles. The van der Waals surface area contributed by atoms with Crippen LogP contribution in [0.5, 0.6) is 5.75 Å². The predicted molar refractivity (Wildman–Crippen MR) is 120 cm³/mol. The van der Waals surface area contributed by atoms with E-state index in [1.807, 2.05) is 4.57 Å². The van der Waals surface area contributed by atoms with E-state index in [4.69, 9.17) is 9.47 Å². The van der Waals surface area contributed by atoms with Crippen LogP contribution in [0.3, 0.4) is 0 Å². The molecule has 0 aliphatic carbocycles. The zero-order chi connectivity index (χ0) is 23.4. The van der Waals surface area contributed by atoms with E-state index in [1.165, 1.54) is 6.07 Å². The second-order valence-corrected chi connectivity index (χ2v) is 7.68. The van der Waals surface area contributed by atoms with Gasteiger partial charge in [-0.05, 0) is 31.2 Å². The molecule has 1 aromatic carbocycles. The molecule has 0 atom stereocenters. The first kappa shape index (κ1) is 23.2. The molecule has 4 rings (SSSR count). The molecule has 0 spiro atoms. The van der Waals surface area contributed by atoms with Crippen LogP contribution < -0.4 is 4.74 Å². The summed E-state index contributed by atoms with van der Waals surface area (Å²) in [6.45, 7) is 6.50. The Morgan fingerprint density at radius 1 is 1.18 bits per heavy atom. The average molecular weight is 461 g/mol. The normalized spacial score (nSPS) is 15.5. The molecule has 10 heteroatoms. The molecule has 2 aromatic heterocycles. The minimum atomic E-state index is -4.54. The molecule has 1 saturated heterocycles. The fourth-order valence-electron chi connectivity index (χ4n) is 3.89. The first-order valence-electron chi connectivity index (χ1n) is 10.8. The summed E-state index contributed by atoms with van der Waals surface area (Å²) in [7, 11) is 1.62. The van der Waals surface area contributed by atoms with E-state index in [9.17, 15) is 13.2 Å². The second kappa shape index (κ2) is 9.88. The summed E-state index contributed by atoms with van der Waals surface area (Å²) in [5.41, 5.74) is 1.91. The molecule has 0 amide bonds. The molecule has 0 radical (unpaired) electrons. The molecule has 0 saturated carbocycles. The number of fused-ring (bicyclic) bond motifs is 1. The smallest absolute Gasteiger partial charge is 0.419 e. The molecule has 3 aromatic rings. The van der Waals surface area contributed by atoms with Crippen molar-refractivity contribution in [3.63, 3.8) is 0 Å². The minimum absolute atomic E-state index is 0.145. The van der Waals surface area contributed by atoms with E-state index < -0.39 is 11.7 Å². The van der Waals surface area contributed by atoms with E-state index in [0.717, 1.165) is 44.4 Å². The van der Waals surface area contributed by atoms with Gasteiger partial charge in [0.25, 0.3) is 0 Å². The summed E-state index contributed by atoms with van der Waals surface area (Å²) >= 11 is 0. The maximum absolute atomic E-state index is 13.7. The van der Waals surface area contributed by atoms with Crippen LogP contribution in [0.2, 0.25) is 0 Å². The highest BCUT2D eigenvalue weighted by Crippen LogP contribution is 2.39. The van der Waals surface area contributed by atoms with Crippen molar-refractivity contribution >= 4 is 17.2 Å². The molecule has 1 aliphatic heterocycles.